The summed E-state index contributed by atoms with van der Waals surface area (Å²) in [6, 6.07) is 47.5. The van der Waals surface area contributed by atoms with E-state index in [1.807, 2.05) is 60.7 Å². The Labute approximate surface area is 347 Å². The van der Waals surface area contributed by atoms with Crippen LogP contribution in [0.2, 0.25) is 0 Å². The molecular formula is C48H39IrN3Te-2. The average molecular weight is 986 g/mol. The molecule has 3 aromatic heterocycles. The molecule has 5 heteroatoms. The first-order valence-electron chi connectivity index (χ1n) is 20.8. The molecular weight excluding hydrogens is 938 g/mol. The zero-order valence-electron chi connectivity index (χ0n) is 37.3. The number of nitrogens with zero attached hydrogens (tertiary/aromatic N) is 3. The quantitative estimate of drug-likeness (QED) is 0.128. The second-order valence-corrected chi connectivity index (χ2v) is 16.2. The number of nitriles is 1. The van der Waals surface area contributed by atoms with Gasteiger partial charge in [-0.1, -0.05) is 12.1 Å². The SMILES string of the molecule is [2H]C([2H])([2H])c1ccc(-c2[c-]cccc2)nc1.[2H]C([2H])([2H])c1cnc(-c2[c-]ccc3c2[te]c2c(-c4ccc(-c5ccccc5)cc4)c(C#N)ccc23)cc1C([2H])([2H])C(C)(C)C.[Ir]. The van der Waals surface area contributed by atoms with E-state index in [1.165, 1.54) is 15.8 Å². The molecule has 3 heterocycles. The predicted molar refractivity (Wildman–Crippen MR) is 217 cm³/mol. The molecule has 3 nitrogen and oxygen atoms in total. The van der Waals surface area contributed by atoms with E-state index in [1.54, 1.807) is 45.0 Å². The Hall–Kier alpha value is -4.67. The van der Waals surface area contributed by atoms with Gasteiger partial charge in [-0.25, -0.2) is 0 Å². The summed E-state index contributed by atoms with van der Waals surface area (Å²) in [5.74, 6) is 0. The van der Waals surface area contributed by atoms with Gasteiger partial charge in [0.05, 0.1) is 0 Å². The van der Waals surface area contributed by atoms with E-state index in [0.29, 0.717) is 11.3 Å². The van der Waals surface area contributed by atoms with Gasteiger partial charge in [-0.05, 0) is 18.1 Å². The summed E-state index contributed by atoms with van der Waals surface area (Å²) in [7, 11) is 0. The van der Waals surface area contributed by atoms with Crippen LogP contribution >= 0.6 is 0 Å². The molecule has 8 aromatic rings. The molecule has 53 heavy (non-hydrogen) atoms. The van der Waals surface area contributed by atoms with E-state index in [2.05, 4.69) is 64.6 Å². The van der Waals surface area contributed by atoms with Crippen LogP contribution in [0, 0.1) is 42.6 Å². The van der Waals surface area contributed by atoms with Crippen molar-refractivity contribution in [1.82, 2.24) is 9.97 Å². The summed E-state index contributed by atoms with van der Waals surface area (Å²) in [6.45, 7) is 0.711. The van der Waals surface area contributed by atoms with Crippen molar-refractivity contribution < 1.29 is 31.1 Å². The van der Waals surface area contributed by atoms with E-state index >= 15 is 0 Å². The molecule has 0 N–H and O–H groups in total. The van der Waals surface area contributed by atoms with Gasteiger partial charge in [0.15, 0.2) is 0 Å². The third-order valence-electron chi connectivity index (χ3n) is 8.42. The number of pyridine rings is 2. The number of hydrogen-bond acceptors (Lipinski definition) is 3. The number of rotatable bonds is 5. The number of aryl methyl sites for hydroxylation is 2. The van der Waals surface area contributed by atoms with E-state index in [-0.39, 0.29) is 36.8 Å². The van der Waals surface area contributed by atoms with Gasteiger partial charge in [-0.2, -0.15) is 0 Å². The van der Waals surface area contributed by atoms with Crippen molar-refractivity contribution in [1.29, 1.82) is 5.26 Å². The van der Waals surface area contributed by atoms with Crippen molar-refractivity contribution in [2.45, 2.75) is 40.8 Å². The fraction of sp³-hybridized carbons (Fsp3) is 0.146. The van der Waals surface area contributed by atoms with E-state index < -0.39 is 45.9 Å². The minimum absolute atomic E-state index is 0. The van der Waals surface area contributed by atoms with Gasteiger partial charge < -0.3 is 4.98 Å². The van der Waals surface area contributed by atoms with Crippen LogP contribution in [-0.2, 0) is 26.5 Å². The van der Waals surface area contributed by atoms with Crippen LogP contribution in [0.3, 0.4) is 0 Å². The summed E-state index contributed by atoms with van der Waals surface area (Å²) in [5.41, 5.74) is 7.11. The third-order valence-corrected chi connectivity index (χ3v) is 12.0. The maximum Gasteiger partial charge on any atom is 0 e. The predicted octanol–water partition coefficient (Wildman–Crippen LogP) is 11.9. The molecule has 0 spiro atoms. The van der Waals surface area contributed by atoms with E-state index in [9.17, 15) is 5.26 Å². The van der Waals surface area contributed by atoms with Crippen LogP contribution in [0.5, 0.6) is 0 Å². The summed E-state index contributed by atoms with van der Waals surface area (Å²) < 4.78 is 66.1. The van der Waals surface area contributed by atoms with Crippen LogP contribution in [0.15, 0.2) is 134 Å². The fourth-order valence-electron chi connectivity index (χ4n) is 6.04. The average Bonchev–Trinajstić information content (AvgIpc) is 3.62. The molecule has 1 radical (unpaired) electrons. The third kappa shape index (κ3) is 8.60. The summed E-state index contributed by atoms with van der Waals surface area (Å²) in [4.78, 5) is 8.70. The molecule has 0 aliphatic carbocycles. The van der Waals surface area contributed by atoms with Gasteiger partial charge in [-0.15, -0.1) is 35.9 Å². The number of fused-ring (bicyclic) bond motifs is 3. The van der Waals surface area contributed by atoms with Crippen molar-refractivity contribution in [3.8, 4) is 50.8 Å². The Balaban J connectivity index is 0.000000307. The van der Waals surface area contributed by atoms with Gasteiger partial charge in [0.2, 0.25) is 0 Å². The molecule has 0 aliphatic rings. The number of benzene rings is 5. The van der Waals surface area contributed by atoms with Gasteiger partial charge in [0.25, 0.3) is 0 Å². The Morgan fingerprint density at radius 1 is 0.736 bits per heavy atom. The van der Waals surface area contributed by atoms with Crippen molar-refractivity contribution in [2.24, 2.45) is 5.41 Å². The number of hydrogen-bond donors (Lipinski definition) is 0. The number of aromatic nitrogens is 2. The van der Waals surface area contributed by atoms with E-state index in [4.69, 9.17) is 11.0 Å². The van der Waals surface area contributed by atoms with Crippen LogP contribution < -0.4 is 0 Å². The molecule has 0 aliphatic heterocycles. The van der Waals surface area contributed by atoms with Crippen molar-refractivity contribution in [2.75, 3.05) is 0 Å². The van der Waals surface area contributed by atoms with Crippen LogP contribution in [0.25, 0.3) is 62.3 Å². The first kappa shape index (κ1) is 28.8. The van der Waals surface area contributed by atoms with Crippen LogP contribution in [0.1, 0.15) is 54.0 Å². The molecule has 0 bridgehead atoms. The van der Waals surface area contributed by atoms with Gasteiger partial charge in [0.1, 0.15) is 0 Å². The van der Waals surface area contributed by atoms with E-state index in [0.717, 1.165) is 53.2 Å². The smallest absolute Gasteiger partial charge is 0 e. The van der Waals surface area contributed by atoms with Crippen LogP contribution in [0.4, 0.5) is 0 Å². The minimum atomic E-state index is -2.51. The largest absolute Gasteiger partial charge is 0 e. The monoisotopic (exact) mass is 988 g/mol. The Morgan fingerprint density at radius 3 is 2.15 bits per heavy atom. The topological polar surface area (TPSA) is 49.6 Å². The fourth-order valence-corrected chi connectivity index (χ4v) is 9.97. The van der Waals surface area contributed by atoms with Gasteiger partial charge in [-0.3, -0.25) is 0 Å². The first-order chi connectivity index (χ1) is 28.4. The van der Waals surface area contributed by atoms with Gasteiger partial charge >= 0.3 is 248 Å². The zero-order valence-corrected chi connectivity index (χ0v) is 34.0. The Kier molecular flexibility index (Phi) is 8.99. The zero-order chi connectivity index (χ0) is 43.0. The molecule has 0 unspecified atom stereocenters. The summed E-state index contributed by atoms with van der Waals surface area (Å²) in [6.07, 6.45) is 0.778. The second kappa shape index (κ2) is 16.6. The van der Waals surface area contributed by atoms with Crippen molar-refractivity contribution in [3.05, 3.63) is 168 Å². The molecule has 8 rings (SSSR count). The maximum absolute atomic E-state index is 10.1. The molecule has 263 valence electrons. The molecule has 0 saturated heterocycles. The van der Waals surface area contributed by atoms with Gasteiger partial charge in [0, 0.05) is 30.4 Å². The van der Waals surface area contributed by atoms with Crippen molar-refractivity contribution >= 4 is 38.0 Å². The Bertz CT molecular complexity index is 2840. The summed E-state index contributed by atoms with van der Waals surface area (Å²) >= 11 is -1.03. The molecule has 0 amide bonds. The molecule has 0 fully saturated rings. The minimum Gasteiger partial charge on any atom is 0 e. The van der Waals surface area contributed by atoms with Crippen LogP contribution in [-0.4, -0.2) is 30.4 Å². The van der Waals surface area contributed by atoms with Crippen molar-refractivity contribution in [3.63, 3.8) is 0 Å². The molecule has 5 aromatic carbocycles. The normalized spacial score (nSPS) is 14.0. The molecule has 0 saturated carbocycles. The standard InChI is InChI=1S/C36H29N2Te.C12H10N.Ir/c1-23-22-38-32(19-28(23)20-36(2,3)4)31-12-8-11-29-30-18-17-27(21-37)33(35(30)39-34(29)31)26-15-13-25(14-16-26)24-9-6-5-7-10-24;1-10-7-8-12(13-9-10)11-5-3-2-4-6-11;/h5-11,13-19,22H,20H2,1-4H3;2-5,7-9H,1H3;/q2*-1;/i1D3,20D2;1D3;. The maximum atomic E-state index is 10.1. The summed E-state index contributed by atoms with van der Waals surface area (Å²) in [5, 5.41) is 12.3. The Morgan fingerprint density at radius 2 is 1.47 bits per heavy atom. The second-order valence-electron chi connectivity index (χ2n) is 13.3. The first-order valence-corrected chi connectivity index (χ1v) is 19.1. The molecule has 0 atom stereocenters.